The van der Waals surface area contributed by atoms with Crippen LogP contribution in [0.4, 0.5) is 11.5 Å². The molecular weight excluding hydrogens is 286 g/mol. The van der Waals surface area contributed by atoms with E-state index in [1.54, 1.807) is 17.5 Å². The van der Waals surface area contributed by atoms with Crippen molar-refractivity contribution in [2.45, 2.75) is 0 Å². The summed E-state index contributed by atoms with van der Waals surface area (Å²) in [5, 5.41) is 7.00. The van der Waals surface area contributed by atoms with Crippen LogP contribution in [0.2, 0.25) is 0 Å². The molecule has 0 radical (unpaired) electrons. The van der Waals surface area contributed by atoms with Crippen molar-refractivity contribution in [2.75, 3.05) is 36.9 Å². The number of pyridine rings is 1. The topological polar surface area (TPSA) is 80.1 Å². The van der Waals surface area contributed by atoms with Gasteiger partial charge in [-0.05, 0) is 12.1 Å². The van der Waals surface area contributed by atoms with E-state index in [1.807, 2.05) is 12.1 Å². The molecule has 0 bridgehead atoms. The molecule has 3 aromatic rings. The van der Waals surface area contributed by atoms with Gasteiger partial charge in [-0.1, -0.05) is 0 Å². The smallest absolute Gasteiger partial charge is 0.126 e. The number of nitrogen functional groups attached to an aromatic ring is 1. The minimum Gasteiger partial charge on any atom is -0.384 e. The van der Waals surface area contributed by atoms with E-state index in [1.165, 1.54) is 0 Å². The molecule has 1 fully saturated rings. The number of ether oxygens (including phenoxy) is 1. The molecular formula is C14H15N5OS. The Morgan fingerprint density at radius 1 is 1.29 bits per heavy atom. The highest BCUT2D eigenvalue weighted by Gasteiger charge is 2.18. The van der Waals surface area contributed by atoms with Gasteiger partial charge < -0.3 is 15.4 Å². The summed E-state index contributed by atoms with van der Waals surface area (Å²) in [6.07, 6.45) is 1.75. The standard InChI is InChI=1S/C14H15N5OS/c15-13-8-11(19-3-5-20-6-4-19)14-10(17-13)7-12(21-14)9-1-2-16-18-9/h1-2,7-8H,3-6H2,(H2,15,17)(H,16,18). The number of H-pyrrole nitrogens is 1. The van der Waals surface area contributed by atoms with Crippen molar-refractivity contribution in [1.82, 2.24) is 15.2 Å². The summed E-state index contributed by atoms with van der Waals surface area (Å²) < 4.78 is 6.59. The normalized spacial score (nSPS) is 15.7. The van der Waals surface area contributed by atoms with Crippen molar-refractivity contribution in [2.24, 2.45) is 0 Å². The van der Waals surface area contributed by atoms with Crippen LogP contribution < -0.4 is 10.6 Å². The summed E-state index contributed by atoms with van der Waals surface area (Å²) in [5.41, 5.74) is 9.06. The van der Waals surface area contributed by atoms with Crippen LogP contribution in [0.15, 0.2) is 24.4 Å². The quantitative estimate of drug-likeness (QED) is 0.757. The second-order valence-electron chi connectivity index (χ2n) is 4.96. The number of thiophene rings is 1. The van der Waals surface area contributed by atoms with Crippen LogP contribution in [0, 0.1) is 0 Å². The predicted octanol–water partition coefficient (Wildman–Crippen LogP) is 2.11. The van der Waals surface area contributed by atoms with Crippen molar-refractivity contribution >= 4 is 33.1 Å². The zero-order valence-corrected chi connectivity index (χ0v) is 12.2. The van der Waals surface area contributed by atoms with E-state index in [-0.39, 0.29) is 0 Å². The van der Waals surface area contributed by atoms with Gasteiger partial charge in [0.05, 0.1) is 39.7 Å². The second kappa shape index (κ2) is 5.01. The Bertz CT molecular complexity index is 761. The number of aromatic nitrogens is 3. The molecule has 1 aliphatic heterocycles. The molecule has 4 rings (SSSR count). The van der Waals surface area contributed by atoms with E-state index in [0.717, 1.165) is 52.8 Å². The fraction of sp³-hybridized carbons (Fsp3) is 0.286. The third-order valence-corrected chi connectivity index (χ3v) is 4.78. The van der Waals surface area contributed by atoms with Gasteiger partial charge in [-0.2, -0.15) is 5.10 Å². The fourth-order valence-electron chi connectivity index (χ4n) is 2.59. The lowest BCUT2D eigenvalue weighted by Gasteiger charge is -2.29. The number of hydrogen-bond acceptors (Lipinski definition) is 6. The van der Waals surface area contributed by atoms with Crippen molar-refractivity contribution in [3.63, 3.8) is 0 Å². The molecule has 0 atom stereocenters. The first-order valence-corrected chi connectivity index (χ1v) is 7.65. The Labute approximate surface area is 125 Å². The van der Waals surface area contributed by atoms with Gasteiger partial charge in [-0.3, -0.25) is 5.10 Å². The summed E-state index contributed by atoms with van der Waals surface area (Å²) in [6.45, 7) is 3.27. The van der Waals surface area contributed by atoms with Crippen LogP contribution >= 0.6 is 11.3 Å². The minimum atomic E-state index is 0.554. The van der Waals surface area contributed by atoms with Crippen molar-refractivity contribution in [3.8, 4) is 10.6 Å². The van der Waals surface area contributed by atoms with E-state index < -0.39 is 0 Å². The molecule has 0 aliphatic carbocycles. The van der Waals surface area contributed by atoms with Gasteiger partial charge in [0, 0.05) is 25.4 Å². The number of nitrogens with zero attached hydrogens (tertiary/aromatic N) is 3. The van der Waals surface area contributed by atoms with E-state index in [2.05, 4.69) is 26.1 Å². The zero-order valence-electron chi connectivity index (χ0n) is 11.4. The van der Waals surface area contributed by atoms with Crippen LogP contribution in [0.5, 0.6) is 0 Å². The number of morpholine rings is 1. The fourth-order valence-corrected chi connectivity index (χ4v) is 3.71. The third kappa shape index (κ3) is 2.24. The number of rotatable bonds is 2. The summed E-state index contributed by atoms with van der Waals surface area (Å²) >= 11 is 1.71. The SMILES string of the molecule is Nc1cc(N2CCOCC2)c2sc(-c3ccn[nH]3)cc2n1. The molecule has 108 valence electrons. The number of fused-ring (bicyclic) bond motifs is 1. The van der Waals surface area contributed by atoms with Crippen molar-refractivity contribution in [1.29, 1.82) is 0 Å². The lowest BCUT2D eigenvalue weighted by atomic mass is 10.2. The van der Waals surface area contributed by atoms with Gasteiger partial charge in [0.1, 0.15) is 5.82 Å². The minimum absolute atomic E-state index is 0.554. The molecule has 3 N–H and O–H groups in total. The van der Waals surface area contributed by atoms with Gasteiger partial charge in [0.2, 0.25) is 0 Å². The molecule has 6 nitrogen and oxygen atoms in total. The van der Waals surface area contributed by atoms with Gasteiger partial charge in [-0.15, -0.1) is 11.3 Å². The highest BCUT2D eigenvalue weighted by Crippen LogP contribution is 2.38. The van der Waals surface area contributed by atoms with Gasteiger partial charge in [0.15, 0.2) is 0 Å². The van der Waals surface area contributed by atoms with Gasteiger partial charge in [-0.25, -0.2) is 4.98 Å². The maximum Gasteiger partial charge on any atom is 0.126 e. The second-order valence-corrected chi connectivity index (χ2v) is 6.01. The molecule has 0 saturated carbocycles. The van der Waals surface area contributed by atoms with E-state index in [0.29, 0.717) is 5.82 Å². The first-order chi connectivity index (χ1) is 10.3. The lowest BCUT2D eigenvalue weighted by molar-refractivity contribution is 0.123. The Morgan fingerprint density at radius 3 is 2.90 bits per heavy atom. The van der Waals surface area contributed by atoms with Crippen LogP contribution in [0.25, 0.3) is 20.8 Å². The van der Waals surface area contributed by atoms with Crippen molar-refractivity contribution < 1.29 is 4.74 Å². The van der Waals surface area contributed by atoms with E-state index in [9.17, 15) is 0 Å². The van der Waals surface area contributed by atoms with Crippen molar-refractivity contribution in [3.05, 3.63) is 24.4 Å². The molecule has 1 saturated heterocycles. The van der Waals surface area contributed by atoms with Crippen LogP contribution in [-0.2, 0) is 4.74 Å². The number of aromatic amines is 1. The molecule has 0 unspecified atom stereocenters. The Kier molecular flexibility index (Phi) is 3.01. The Balaban J connectivity index is 1.85. The maximum atomic E-state index is 5.97. The summed E-state index contributed by atoms with van der Waals surface area (Å²) in [5.74, 6) is 0.554. The summed E-state index contributed by atoms with van der Waals surface area (Å²) in [4.78, 5) is 7.89. The number of anilines is 2. The van der Waals surface area contributed by atoms with Crippen LogP contribution in [0.3, 0.4) is 0 Å². The summed E-state index contributed by atoms with van der Waals surface area (Å²) in [6, 6.07) is 5.98. The third-order valence-electron chi connectivity index (χ3n) is 3.60. The van der Waals surface area contributed by atoms with Crippen LogP contribution in [0.1, 0.15) is 0 Å². The maximum absolute atomic E-state index is 5.97. The molecule has 0 amide bonds. The molecule has 21 heavy (non-hydrogen) atoms. The molecule has 0 aromatic carbocycles. The Hall–Kier alpha value is -2.12. The lowest BCUT2D eigenvalue weighted by Crippen LogP contribution is -2.36. The van der Waals surface area contributed by atoms with Gasteiger partial charge in [0.25, 0.3) is 0 Å². The zero-order chi connectivity index (χ0) is 14.2. The molecule has 7 heteroatoms. The predicted molar refractivity (Wildman–Crippen MR) is 84.6 cm³/mol. The largest absolute Gasteiger partial charge is 0.384 e. The average molecular weight is 301 g/mol. The first kappa shape index (κ1) is 12.6. The monoisotopic (exact) mass is 301 g/mol. The highest BCUT2D eigenvalue weighted by atomic mass is 32.1. The van der Waals surface area contributed by atoms with Crippen LogP contribution in [-0.4, -0.2) is 41.5 Å². The van der Waals surface area contributed by atoms with E-state index >= 15 is 0 Å². The number of hydrogen-bond donors (Lipinski definition) is 2. The number of nitrogens with two attached hydrogens (primary N) is 1. The molecule has 0 spiro atoms. The molecule has 3 aromatic heterocycles. The molecule has 4 heterocycles. The number of nitrogens with one attached hydrogen (secondary N) is 1. The van der Waals surface area contributed by atoms with Gasteiger partial charge >= 0.3 is 0 Å². The first-order valence-electron chi connectivity index (χ1n) is 6.84. The van der Waals surface area contributed by atoms with E-state index in [4.69, 9.17) is 10.5 Å². The summed E-state index contributed by atoms with van der Waals surface area (Å²) in [7, 11) is 0. The average Bonchev–Trinajstić information content (AvgIpc) is 3.16. The Morgan fingerprint density at radius 2 is 2.14 bits per heavy atom. The molecule has 1 aliphatic rings. The highest BCUT2D eigenvalue weighted by molar-refractivity contribution is 7.22.